The molecule has 0 aliphatic carbocycles. The number of rotatable bonds is 2. The summed E-state index contributed by atoms with van der Waals surface area (Å²) in [7, 11) is 0. The molecule has 1 amide bonds. The molecule has 0 spiro atoms. The van der Waals surface area contributed by atoms with E-state index in [0.29, 0.717) is 13.1 Å². The van der Waals surface area contributed by atoms with Gasteiger partial charge in [-0.2, -0.15) is 13.2 Å². The van der Waals surface area contributed by atoms with Crippen LogP contribution in [0.4, 0.5) is 18.0 Å². The van der Waals surface area contributed by atoms with Crippen molar-refractivity contribution in [3.63, 3.8) is 0 Å². The molecule has 1 atom stereocenters. The Balaban J connectivity index is 1.91. The van der Waals surface area contributed by atoms with Crippen LogP contribution in [0.5, 0.6) is 0 Å². The molecule has 0 N–H and O–H groups in total. The number of ether oxygens (including phenoxy) is 1. The van der Waals surface area contributed by atoms with Gasteiger partial charge in [0.15, 0.2) is 0 Å². The van der Waals surface area contributed by atoms with E-state index in [1.54, 1.807) is 4.90 Å². The molecular weight excluding hydrogens is 307 g/mol. The van der Waals surface area contributed by atoms with Crippen LogP contribution < -0.4 is 0 Å². The molecule has 0 radical (unpaired) electrons. The highest BCUT2D eigenvalue weighted by molar-refractivity contribution is 5.69. The van der Waals surface area contributed by atoms with E-state index in [0.717, 1.165) is 17.7 Å². The van der Waals surface area contributed by atoms with Crippen molar-refractivity contribution in [3.8, 4) is 0 Å². The zero-order chi connectivity index (χ0) is 17.4. The number of alkyl halides is 3. The van der Waals surface area contributed by atoms with Crippen LogP contribution in [0, 0.1) is 5.92 Å². The van der Waals surface area contributed by atoms with E-state index in [-0.39, 0.29) is 17.9 Å². The minimum absolute atomic E-state index is 0.0935. The number of carbonyl (C=O) groups excluding carboxylic acids is 1. The molecule has 3 nitrogen and oxygen atoms in total. The molecule has 1 unspecified atom stereocenters. The second-order valence-electron chi connectivity index (χ2n) is 7.05. The lowest BCUT2D eigenvalue weighted by atomic mass is 9.82. The van der Waals surface area contributed by atoms with Gasteiger partial charge < -0.3 is 9.64 Å². The Hall–Kier alpha value is -1.72. The van der Waals surface area contributed by atoms with Gasteiger partial charge in [0.05, 0.1) is 5.56 Å². The minimum atomic E-state index is -4.31. The van der Waals surface area contributed by atoms with Gasteiger partial charge in [0, 0.05) is 19.0 Å². The number of benzene rings is 1. The highest BCUT2D eigenvalue weighted by atomic mass is 19.4. The Kier molecular flexibility index (Phi) is 4.64. The summed E-state index contributed by atoms with van der Waals surface area (Å²) in [5, 5.41) is 0. The topological polar surface area (TPSA) is 29.5 Å². The number of hydrogen-bond donors (Lipinski definition) is 0. The van der Waals surface area contributed by atoms with Gasteiger partial charge in [0.2, 0.25) is 0 Å². The maximum Gasteiger partial charge on any atom is 0.416 e. The molecule has 128 valence electrons. The first-order valence-corrected chi connectivity index (χ1v) is 7.62. The van der Waals surface area contributed by atoms with Crippen molar-refractivity contribution in [2.75, 3.05) is 13.1 Å². The van der Waals surface area contributed by atoms with Crippen LogP contribution in [0.15, 0.2) is 24.3 Å². The highest BCUT2D eigenvalue weighted by Crippen LogP contribution is 2.34. The number of nitrogens with zero attached hydrogens (tertiary/aromatic N) is 1. The molecule has 1 saturated heterocycles. The van der Waals surface area contributed by atoms with Crippen LogP contribution in [0.1, 0.15) is 44.7 Å². The lowest BCUT2D eigenvalue weighted by Crippen LogP contribution is -2.53. The highest BCUT2D eigenvalue weighted by Gasteiger charge is 2.37. The number of hydrogen-bond acceptors (Lipinski definition) is 2. The largest absolute Gasteiger partial charge is 0.444 e. The van der Waals surface area contributed by atoms with Crippen LogP contribution in [0.3, 0.4) is 0 Å². The molecule has 23 heavy (non-hydrogen) atoms. The molecule has 6 heteroatoms. The molecule has 1 fully saturated rings. The maximum absolute atomic E-state index is 12.6. The SMILES string of the molecule is CC(c1ccc(C(F)(F)F)cc1)C1CN(C(=O)OC(C)(C)C)C1. The van der Waals surface area contributed by atoms with Crippen molar-refractivity contribution < 1.29 is 22.7 Å². The molecular formula is C17H22F3NO2. The fraction of sp³-hybridized carbons (Fsp3) is 0.588. The summed E-state index contributed by atoms with van der Waals surface area (Å²) in [5.74, 6) is 0.329. The third-order valence-electron chi connectivity index (χ3n) is 4.03. The average molecular weight is 329 g/mol. The van der Waals surface area contributed by atoms with E-state index < -0.39 is 17.3 Å². The van der Waals surface area contributed by atoms with Gasteiger partial charge in [0.1, 0.15) is 5.60 Å². The molecule has 0 saturated carbocycles. The van der Waals surface area contributed by atoms with Crippen LogP contribution >= 0.6 is 0 Å². The van der Waals surface area contributed by atoms with Gasteiger partial charge in [-0.1, -0.05) is 19.1 Å². The van der Waals surface area contributed by atoms with Crippen molar-refractivity contribution in [2.45, 2.75) is 45.4 Å². The summed E-state index contributed by atoms with van der Waals surface area (Å²) in [5.41, 5.74) is -0.314. The predicted molar refractivity (Wildman–Crippen MR) is 81.2 cm³/mol. The quantitative estimate of drug-likeness (QED) is 0.789. The van der Waals surface area contributed by atoms with E-state index in [9.17, 15) is 18.0 Å². The summed E-state index contributed by atoms with van der Waals surface area (Å²) in [6.45, 7) is 8.54. The second-order valence-corrected chi connectivity index (χ2v) is 7.05. The zero-order valence-electron chi connectivity index (χ0n) is 13.8. The van der Waals surface area contributed by atoms with Crippen molar-refractivity contribution in [3.05, 3.63) is 35.4 Å². The van der Waals surface area contributed by atoms with Crippen molar-refractivity contribution in [1.82, 2.24) is 4.90 Å². The number of amides is 1. The van der Waals surface area contributed by atoms with Gasteiger partial charge >= 0.3 is 12.3 Å². The first-order chi connectivity index (χ1) is 10.5. The lowest BCUT2D eigenvalue weighted by Gasteiger charge is -2.42. The molecule has 1 aliphatic rings. The Labute approximate surface area is 134 Å². The maximum atomic E-state index is 12.6. The predicted octanol–water partition coefficient (Wildman–Crippen LogP) is 4.68. The Bertz CT molecular complexity index is 555. The molecule has 1 aliphatic heterocycles. The summed E-state index contributed by atoms with van der Waals surface area (Å²) < 4.78 is 43.0. The Morgan fingerprint density at radius 2 is 1.70 bits per heavy atom. The third kappa shape index (κ3) is 4.39. The van der Waals surface area contributed by atoms with Gasteiger partial charge in [-0.3, -0.25) is 0 Å². The molecule has 2 rings (SSSR count). The Morgan fingerprint density at radius 1 is 1.17 bits per heavy atom. The standard InChI is InChI=1S/C17H22F3NO2/c1-11(12-5-7-14(8-6-12)17(18,19)20)13-9-21(10-13)15(22)23-16(2,3)4/h5-8,11,13H,9-10H2,1-4H3. The normalized spacial score (nSPS) is 17.6. The average Bonchev–Trinajstić information content (AvgIpc) is 2.33. The first kappa shape index (κ1) is 17.6. The fourth-order valence-electron chi connectivity index (χ4n) is 2.55. The van der Waals surface area contributed by atoms with E-state index >= 15 is 0 Å². The molecule has 1 heterocycles. The van der Waals surface area contributed by atoms with Crippen LogP contribution in [-0.4, -0.2) is 29.7 Å². The summed E-state index contributed by atoms with van der Waals surface area (Å²) in [6.07, 6.45) is -4.65. The summed E-state index contributed by atoms with van der Waals surface area (Å²) >= 11 is 0. The molecule has 1 aromatic carbocycles. The van der Waals surface area contributed by atoms with Crippen LogP contribution in [0.2, 0.25) is 0 Å². The van der Waals surface area contributed by atoms with E-state index in [2.05, 4.69) is 0 Å². The molecule has 1 aromatic rings. The number of likely N-dealkylation sites (tertiary alicyclic amines) is 1. The zero-order valence-corrected chi connectivity index (χ0v) is 13.8. The van der Waals surface area contributed by atoms with Gasteiger partial charge in [-0.05, 0) is 44.4 Å². The van der Waals surface area contributed by atoms with Crippen LogP contribution in [0.25, 0.3) is 0 Å². The summed E-state index contributed by atoms with van der Waals surface area (Å²) in [6, 6.07) is 5.25. The first-order valence-electron chi connectivity index (χ1n) is 7.62. The third-order valence-corrected chi connectivity index (χ3v) is 4.03. The molecule has 0 bridgehead atoms. The van der Waals surface area contributed by atoms with E-state index in [1.807, 2.05) is 27.7 Å². The fourth-order valence-corrected chi connectivity index (χ4v) is 2.55. The van der Waals surface area contributed by atoms with E-state index in [4.69, 9.17) is 4.74 Å². The van der Waals surface area contributed by atoms with Crippen molar-refractivity contribution >= 4 is 6.09 Å². The van der Waals surface area contributed by atoms with Gasteiger partial charge in [-0.15, -0.1) is 0 Å². The smallest absolute Gasteiger partial charge is 0.416 e. The van der Waals surface area contributed by atoms with Gasteiger partial charge in [-0.25, -0.2) is 4.79 Å². The number of carbonyl (C=O) groups is 1. The van der Waals surface area contributed by atoms with Gasteiger partial charge in [0.25, 0.3) is 0 Å². The second kappa shape index (κ2) is 6.06. The summed E-state index contributed by atoms with van der Waals surface area (Å²) in [4.78, 5) is 13.5. The van der Waals surface area contributed by atoms with Crippen molar-refractivity contribution in [1.29, 1.82) is 0 Å². The van der Waals surface area contributed by atoms with E-state index in [1.165, 1.54) is 12.1 Å². The van der Waals surface area contributed by atoms with Crippen molar-refractivity contribution in [2.24, 2.45) is 5.92 Å². The number of halogens is 3. The lowest BCUT2D eigenvalue weighted by molar-refractivity contribution is -0.137. The van der Waals surface area contributed by atoms with Crippen LogP contribution in [-0.2, 0) is 10.9 Å². The molecule has 0 aromatic heterocycles. The minimum Gasteiger partial charge on any atom is -0.444 e. The monoisotopic (exact) mass is 329 g/mol. The Morgan fingerprint density at radius 3 is 2.13 bits per heavy atom.